The summed E-state index contributed by atoms with van der Waals surface area (Å²) in [7, 11) is 0. The zero-order chi connectivity index (χ0) is 21.3. The quantitative estimate of drug-likeness (QED) is 0.293. The molecule has 0 unspecified atom stereocenters. The molecule has 0 radical (unpaired) electrons. The van der Waals surface area contributed by atoms with Crippen molar-refractivity contribution < 1.29 is 15.0 Å². The molecule has 30 heavy (non-hydrogen) atoms. The van der Waals surface area contributed by atoms with Crippen LogP contribution in [0.4, 0.5) is 11.4 Å². The smallest absolute Gasteiger partial charge is 0.271 e. The molecule has 3 N–H and O–H groups in total. The minimum absolute atomic E-state index is 0.0266. The maximum absolute atomic E-state index is 10.9. The van der Waals surface area contributed by atoms with Gasteiger partial charge in [0, 0.05) is 30.8 Å². The monoisotopic (exact) mass is 411 g/mol. The minimum atomic E-state index is -0.468. The molecular formula is C18H17N7O5. The maximum atomic E-state index is 10.9. The Balaban J connectivity index is 1.55. The van der Waals surface area contributed by atoms with Crippen LogP contribution in [0.2, 0.25) is 0 Å². The molecule has 12 heteroatoms. The van der Waals surface area contributed by atoms with E-state index in [9.17, 15) is 25.3 Å². The fourth-order valence-corrected chi connectivity index (χ4v) is 3.26. The number of rotatable bonds is 8. The number of hydrogen-bond acceptors (Lipinski definition) is 8. The van der Waals surface area contributed by atoms with Gasteiger partial charge in [-0.25, -0.2) is 9.97 Å². The topological polar surface area (TPSA) is 167 Å². The second-order valence-electron chi connectivity index (χ2n) is 6.72. The van der Waals surface area contributed by atoms with E-state index in [0.29, 0.717) is 53.3 Å². The molecule has 4 rings (SSSR count). The van der Waals surface area contributed by atoms with E-state index in [1.165, 1.54) is 24.3 Å². The van der Waals surface area contributed by atoms with Gasteiger partial charge in [-0.05, 0) is 12.1 Å². The van der Waals surface area contributed by atoms with Crippen molar-refractivity contribution in [1.82, 2.24) is 24.8 Å². The molecule has 0 aliphatic carbocycles. The number of nitrogens with zero attached hydrogens (tertiary/aromatic N) is 5. The molecule has 0 saturated heterocycles. The number of imidazole rings is 2. The van der Waals surface area contributed by atoms with Crippen LogP contribution in [0.1, 0.15) is 11.6 Å². The van der Waals surface area contributed by atoms with Crippen molar-refractivity contribution in [3.8, 4) is 0 Å². The first kappa shape index (κ1) is 19.4. The van der Waals surface area contributed by atoms with Crippen molar-refractivity contribution >= 4 is 33.4 Å². The van der Waals surface area contributed by atoms with Crippen LogP contribution >= 0.6 is 0 Å². The van der Waals surface area contributed by atoms with Crippen LogP contribution in [0, 0.1) is 20.2 Å². The average molecular weight is 411 g/mol. The van der Waals surface area contributed by atoms with Crippen LogP contribution in [0.15, 0.2) is 36.4 Å². The van der Waals surface area contributed by atoms with Gasteiger partial charge in [-0.15, -0.1) is 0 Å². The lowest BCUT2D eigenvalue weighted by Crippen LogP contribution is -2.27. The largest absolute Gasteiger partial charge is 0.395 e. The van der Waals surface area contributed by atoms with Gasteiger partial charge < -0.3 is 15.1 Å². The summed E-state index contributed by atoms with van der Waals surface area (Å²) in [6, 6.07) is 8.80. The Labute approximate surface area is 168 Å². The molecule has 0 amide bonds. The summed E-state index contributed by atoms with van der Waals surface area (Å²) < 4.78 is 0. The van der Waals surface area contributed by atoms with E-state index < -0.39 is 9.85 Å². The molecule has 2 aromatic carbocycles. The normalized spacial score (nSPS) is 11.5. The van der Waals surface area contributed by atoms with Gasteiger partial charge in [0.1, 0.15) is 11.6 Å². The van der Waals surface area contributed by atoms with Crippen LogP contribution in [-0.4, -0.2) is 52.9 Å². The van der Waals surface area contributed by atoms with Gasteiger partial charge in [-0.2, -0.15) is 0 Å². The van der Waals surface area contributed by atoms with E-state index in [-0.39, 0.29) is 18.0 Å². The second kappa shape index (κ2) is 7.85. The zero-order valence-corrected chi connectivity index (χ0v) is 15.6. The Morgan fingerprint density at radius 3 is 1.73 bits per heavy atom. The lowest BCUT2D eigenvalue weighted by atomic mass is 10.3. The molecule has 0 bridgehead atoms. The van der Waals surface area contributed by atoms with Crippen molar-refractivity contribution in [2.45, 2.75) is 13.1 Å². The van der Waals surface area contributed by atoms with Gasteiger partial charge in [0.05, 0.1) is 51.6 Å². The predicted octanol–water partition coefficient (Wildman–Crippen LogP) is 2.25. The van der Waals surface area contributed by atoms with E-state index in [2.05, 4.69) is 19.9 Å². The van der Waals surface area contributed by atoms with Gasteiger partial charge in [0.15, 0.2) is 0 Å². The number of nitrogens with one attached hydrogen (secondary N) is 2. The molecule has 0 aliphatic heterocycles. The zero-order valence-electron chi connectivity index (χ0n) is 15.6. The third-order valence-corrected chi connectivity index (χ3v) is 4.61. The summed E-state index contributed by atoms with van der Waals surface area (Å²) in [5, 5.41) is 31.3. The average Bonchev–Trinajstić information content (AvgIpc) is 3.29. The van der Waals surface area contributed by atoms with E-state index in [4.69, 9.17) is 0 Å². The number of aromatic nitrogens is 4. The Morgan fingerprint density at radius 1 is 0.867 bits per heavy atom. The number of fused-ring (bicyclic) bond motifs is 2. The highest BCUT2D eigenvalue weighted by Gasteiger charge is 2.15. The van der Waals surface area contributed by atoms with Gasteiger partial charge in [0.25, 0.3) is 11.4 Å². The Bertz CT molecular complexity index is 1150. The summed E-state index contributed by atoms with van der Waals surface area (Å²) in [6.45, 7) is 0.951. The SMILES string of the molecule is O=[N+]([O-])c1ccc2nc(CN(CCO)Cc3nc4ccc([N+](=O)[O-])cc4[nH]3)[nH]c2c1. The maximum Gasteiger partial charge on any atom is 0.271 e. The molecular weight excluding hydrogens is 394 g/mol. The first-order valence-corrected chi connectivity index (χ1v) is 9.02. The Hall–Kier alpha value is -3.90. The van der Waals surface area contributed by atoms with Crippen molar-refractivity contribution in [1.29, 1.82) is 0 Å². The number of nitro groups is 2. The first-order chi connectivity index (χ1) is 14.4. The van der Waals surface area contributed by atoms with Crippen LogP contribution in [0.3, 0.4) is 0 Å². The molecule has 0 saturated carbocycles. The van der Waals surface area contributed by atoms with Gasteiger partial charge in [-0.3, -0.25) is 25.1 Å². The first-order valence-electron chi connectivity index (χ1n) is 9.02. The number of non-ortho nitro benzene ring substituents is 2. The third kappa shape index (κ3) is 3.94. The fourth-order valence-electron chi connectivity index (χ4n) is 3.26. The number of hydrogen-bond donors (Lipinski definition) is 3. The minimum Gasteiger partial charge on any atom is -0.395 e. The van der Waals surface area contributed by atoms with Crippen molar-refractivity contribution in [2.24, 2.45) is 0 Å². The predicted molar refractivity (Wildman–Crippen MR) is 107 cm³/mol. The van der Waals surface area contributed by atoms with Crippen LogP contribution in [0.25, 0.3) is 22.1 Å². The van der Waals surface area contributed by atoms with E-state index >= 15 is 0 Å². The standard InChI is InChI=1S/C18H17N7O5/c26-6-5-23(9-17-19-13-3-1-11(24(27)28)7-15(13)21-17)10-18-20-14-4-2-12(25(29)30)8-16(14)22-18/h1-4,7-8,26H,5-6,9-10H2,(H,19,21)(H,20,22). The molecule has 0 atom stereocenters. The molecule has 0 aliphatic rings. The highest BCUT2D eigenvalue weighted by molar-refractivity contribution is 5.78. The molecule has 12 nitrogen and oxygen atoms in total. The molecule has 2 aromatic heterocycles. The number of aromatic amines is 2. The van der Waals surface area contributed by atoms with Crippen molar-refractivity contribution in [3.63, 3.8) is 0 Å². The van der Waals surface area contributed by atoms with Gasteiger partial charge >= 0.3 is 0 Å². The highest BCUT2D eigenvalue weighted by Crippen LogP contribution is 2.21. The molecule has 2 heterocycles. The summed E-state index contributed by atoms with van der Waals surface area (Å²) in [6.07, 6.45) is 0. The van der Waals surface area contributed by atoms with Gasteiger partial charge in [-0.1, -0.05) is 0 Å². The Kier molecular flexibility index (Phi) is 5.08. The summed E-state index contributed by atoms with van der Waals surface area (Å²) >= 11 is 0. The lowest BCUT2D eigenvalue weighted by Gasteiger charge is -2.18. The summed E-state index contributed by atoms with van der Waals surface area (Å²) in [4.78, 5) is 37.8. The lowest BCUT2D eigenvalue weighted by molar-refractivity contribution is -0.384. The number of H-pyrrole nitrogens is 2. The van der Waals surface area contributed by atoms with E-state index in [0.717, 1.165) is 0 Å². The third-order valence-electron chi connectivity index (χ3n) is 4.61. The number of aliphatic hydroxyl groups excluding tert-OH is 1. The number of benzene rings is 2. The van der Waals surface area contributed by atoms with Crippen LogP contribution < -0.4 is 0 Å². The summed E-state index contributed by atoms with van der Waals surface area (Å²) in [5.41, 5.74) is 2.27. The Morgan fingerprint density at radius 2 is 1.33 bits per heavy atom. The fraction of sp³-hybridized carbons (Fsp3) is 0.222. The van der Waals surface area contributed by atoms with Crippen molar-refractivity contribution in [2.75, 3.05) is 13.2 Å². The van der Waals surface area contributed by atoms with Gasteiger partial charge in [0.2, 0.25) is 0 Å². The summed E-state index contributed by atoms with van der Waals surface area (Å²) in [5.74, 6) is 1.18. The van der Waals surface area contributed by atoms with Crippen LogP contribution in [0.5, 0.6) is 0 Å². The van der Waals surface area contributed by atoms with Crippen molar-refractivity contribution in [3.05, 3.63) is 68.3 Å². The molecule has 4 aromatic rings. The number of nitro benzene ring substituents is 2. The van der Waals surface area contributed by atoms with Crippen LogP contribution in [-0.2, 0) is 13.1 Å². The molecule has 0 spiro atoms. The molecule has 154 valence electrons. The van der Waals surface area contributed by atoms with E-state index in [1.54, 1.807) is 12.1 Å². The highest BCUT2D eigenvalue weighted by atomic mass is 16.6. The second-order valence-corrected chi connectivity index (χ2v) is 6.72. The number of aliphatic hydroxyl groups is 1. The molecule has 0 fully saturated rings. The van der Waals surface area contributed by atoms with E-state index in [1.807, 2.05) is 4.90 Å².